The Morgan fingerprint density at radius 1 is 1.15 bits per heavy atom. The molecular weight excluding hydrogens is 332 g/mol. The SMILES string of the molecule is COc1cc(O)c(C/C=C(\C)CO)cc1/C=C/C(=O)c1ccc(O)cc1. The third-order valence-electron chi connectivity index (χ3n) is 3.92. The average molecular weight is 354 g/mol. The molecule has 5 heteroatoms. The molecule has 0 atom stereocenters. The van der Waals surface area contributed by atoms with Crippen LogP contribution in [0.1, 0.15) is 28.4 Å². The number of phenolic OH excluding ortho intramolecular Hbond substituents is 2. The molecule has 0 radical (unpaired) electrons. The van der Waals surface area contributed by atoms with Gasteiger partial charge in [0.05, 0.1) is 13.7 Å². The van der Waals surface area contributed by atoms with Gasteiger partial charge in [-0.05, 0) is 61.4 Å². The van der Waals surface area contributed by atoms with E-state index in [0.29, 0.717) is 28.9 Å². The van der Waals surface area contributed by atoms with Crippen LogP contribution in [0.3, 0.4) is 0 Å². The zero-order chi connectivity index (χ0) is 19.1. The number of phenols is 2. The van der Waals surface area contributed by atoms with Gasteiger partial charge in [-0.15, -0.1) is 0 Å². The zero-order valence-electron chi connectivity index (χ0n) is 14.8. The van der Waals surface area contributed by atoms with Gasteiger partial charge in [-0.3, -0.25) is 4.79 Å². The normalized spacial score (nSPS) is 11.7. The van der Waals surface area contributed by atoms with Crippen LogP contribution in [-0.2, 0) is 6.42 Å². The molecule has 26 heavy (non-hydrogen) atoms. The monoisotopic (exact) mass is 354 g/mol. The number of carbonyl (C=O) groups is 1. The Hall–Kier alpha value is -3.05. The van der Waals surface area contributed by atoms with Crippen LogP contribution in [-0.4, -0.2) is 34.8 Å². The van der Waals surface area contributed by atoms with Crippen molar-refractivity contribution >= 4 is 11.9 Å². The molecule has 2 rings (SSSR count). The lowest BCUT2D eigenvalue weighted by Crippen LogP contribution is -1.95. The Morgan fingerprint density at radius 2 is 1.85 bits per heavy atom. The van der Waals surface area contributed by atoms with Crippen LogP contribution in [0.4, 0.5) is 0 Å². The van der Waals surface area contributed by atoms with E-state index < -0.39 is 0 Å². The first-order valence-corrected chi connectivity index (χ1v) is 8.12. The summed E-state index contributed by atoms with van der Waals surface area (Å²) in [5.74, 6) is 0.425. The van der Waals surface area contributed by atoms with Crippen molar-refractivity contribution in [2.45, 2.75) is 13.3 Å². The van der Waals surface area contributed by atoms with Crippen LogP contribution in [0.2, 0.25) is 0 Å². The summed E-state index contributed by atoms with van der Waals surface area (Å²) in [7, 11) is 1.49. The minimum Gasteiger partial charge on any atom is -0.508 e. The van der Waals surface area contributed by atoms with Crippen molar-refractivity contribution in [3.63, 3.8) is 0 Å². The fraction of sp³-hybridized carbons (Fsp3) is 0.190. The molecule has 0 saturated heterocycles. The van der Waals surface area contributed by atoms with Crippen molar-refractivity contribution in [1.29, 1.82) is 0 Å². The van der Waals surface area contributed by atoms with E-state index in [2.05, 4.69) is 0 Å². The highest BCUT2D eigenvalue weighted by atomic mass is 16.5. The number of rotatable bonds is 7. The highest BCUT2D eigenvalue weighted by Crippen LogP contribution is 2.30. The third-order valence-corrected chi connectivity index (χ3v) is 3.92. The fourth-order valence-corrected chi connectivity index (χ4v) is 2.34. The van der Waals surface area contributed by atoms with Crippen LogP contribution in [0, 0.1) is 0 Å². The summed E-state index contributed by atoms with van der Waals surface area (Å²) >= 11 is 0. The number of allylic oxidation sites excluding steroid dienone is 2. The first kappa shape index (κ1) is 19.3. The molecule has 0 saturated carbocycles. The quantitative estimate of drug-likeness (QED) is 0.402. The number of ketones is 1. The summed E-state index contributed by atoms with van der Waals surface area (Å²) in [5, 5.41) is 28.5. The molecule has 0 aliphatic carbocycles. The summed E-state index contributed by atoms with van der Waals surface area (Å²) in [6.07, 6.45) is 5.32. The fourth-order valence-electron chi connectivity index (χ4n) is 2.34. The summed E-state index contributed by atoms with van der Waals surface area (Å²) < 4.78 is 5.27. The van der Waals surface area contributed by atoms with Crippen molar-refractivity contribution < 1.29 is 24.9 Å². The summed E-state index contributed by atoms with van der Waals surface area (Å²) in [6, 6.07) is 9.25. The number of aliphatic hydroxyl groups is 1. The standard InChI is InChI=1S/C21H22O5/c1-14(13-22)3-4-16-11-17(21(26-2)12-20(16)25)7-10-19(24)15-5-8-18(23)9-6-15/h3,5-12,22-23,25H,4,13H2,1-2H3/b10-7+,14-3+. The van der Waals surface area contributed by atoms with Gasteiger partial charge in [0.1, 0.15) is 17.2 Å². The van der Waals surface area contributed by atoms with Crippen LogP contribution >= 0.6 is 0 Å². The molecule has 0 amide bonds. The molecule has 2 aromatic carbocycles. The second-order valence-corrected chi connectivity index (χ2v) is 5.88. The highest BCUT2D eigenvalue weighted by Gasteiger charge is 2.09. The summed E-state index contributed by atoms with van der Waals surface area (Å²) in [4.78, 5) is 12.2. The van der Waals surface area contributed by atoms with Gasteiger partial charge in [-0.2, -0.15) is 0 Å². The molecule has 3 N–H and O–H groups in total. The van der Waals surface area contributed by atoms with Crippen molar-refractivity contribution in [3.05, 3.63) is 70.8 Å². The Kier molecular flexibility index (Phi) is 6.58. The van der Waals surface area contributed by atoms with E-state index in [9.17, 15) is 15.0 Å². The molecule has 0 heterocycles. The zero-order valence-corrected chi connectivity index (χ0v) is 14.8. The van der Waals surface area contributed by atoms with Gasteiger partial charge >= 0.3 is 0 Å². The van der Waals surface area contributed by atoms with Crippen molar-refractivity contribution in [2.75, 3.05) is 13.7 Å². The molecule has 0 spiro atoms. The lowest BCUT2D eigenvalue weighted by Gasteiger charge is -2.10. The van der Waals surface area contributed by atoms with Crippen LogP contribution < -0.4 is 4.74 Å². The highest BCUT2D eigenvalue weighted by molar-refractivity contribution is 6.07. The van der Waals surface area contributed by atoms with E-state index >= 15 is 0 Å². The molecule has 0 unspecified atom stereocenters. The predicted molar refractivity (Wildman–Crippen MR) is 101 cm³/mol. The van der Waals surface area contributed by atoms with Crippen LogP contribution in [0.15, 0.2) is 54.1 Å². The van der Waals surface area contributed by atoms with Crippen LogP contribution in [0.25, 0.3) is 6.08 Å². The van der Waals surface area contributed by atoms with E-state index in [1.807, 2.05) is 6.08 Å². The van der Waals surface area contributed by atoms with Crippen molar-refractivity contribution in [2.24, 2.45) is 0 Å². The van der Waals surface area contributed by atoms with Gasteiger partial charge in [0, 0.05) is 17.2 Å². The van der Waals surface area contributed by atoms with Gasteiger partial charge < -0.3 is 20.1 Å². The third kappa shape index (κ3) is 4.97. The number of aliphatic hydroxyl groups excluding tert-OH is 1. The lowest BCUT2D eigenvalue weighted by atomic mass is 10.0. The number of aromatic hydroxyl groups is 2. The van der Waals surface area contributed by atoms with E-state index in [0.717, 1.165) is 5.57 Å². The first-order chi connectivity index (χ1) is 12.4. The lowest BCUT2D eigenvalue weighted by molar-refractivity contribution is 0.104. The molecular formula is C21H22O5. The number of benzene rings is 2. The number of ether oxygens (including phenoxy) is 1. The molecule has 0 aliphatic heterocycles. The molecule has 136 valence electrons. The molecule has 0 bridgehead atoms. The van der Waals surface area contributed by atoms with Gasteiger partial charge in [-0.1, -0.05) is 11.6 Å². The maximum absolute atomic E-state index is 12.2. The Morgan fingerprint density at radius 3 is 2.46 bits per heavy atom. The Labute approximate surface area is 152 Å². The Bertz CT molecular complexity index is 832. The molecule has 0 aliphatic rings. The summed E-state index contributed by atoms with van der Waals surface area (Å²) in [6.45, 7) is 1.77. The Balaban J connectivity index is 2.28. The molecule has 5 nitrogen and oxygen atoms in total. The van der Waals surface area contributed by atoms with Crippen molar-refractivity contribution in [1.82, 2.24) is 0 Å². The first-order valence-electron chi connectivity index (χ1n) is 8.12. The molecule has 0 fully saturated rings. The number of hydrogen-bond donors (Lipinski definition) is 3. The summed E-state index contributed by atoms with van der Waals surface area (Å²) in [5.41, 5.74) is 2.58. The van der Waals surface area contributed by atoms with Gasteiger partial charge in [0.25, 0.3) is 0 Å². The second kappa shape index (κ2) is 8.87. The van der Waals surface area contributed by atoms with E-state index in [-0.39, 0.29) is 23.9 Å². The number of carbonyl (C=O) groups excluding carboxylic acids is 1. The van der Waals surface area contributed by atoms with Gasteiger partial charge in [-0.25, -0.2) is 0 Å². The molecule has 0 aromatic heterocycles. The minimum atomic E-state index is -0.210. The number of hydrogen-bond acceptors (Lipinski definition) is 5. The van der Waals surface area contributed by atoms with Crippen LogP contribution in [0.5, 0.6) is 17.2 Å². The van der Waals surface area contributed by atoms with E-state index in [4.69, 9.17) is 9.84 Å². The topological polar surface area (TPSA) is 87.0 Å². The smallest absolute Gasteiger partial charge is 0.185 e. The average Bonchev–Trinajstić information content (AvgIpc) is 2.65. The largest absolute Gasteiger partial charge is 0.508 e. The maximum Gasteiger partial charge on any atom is 0.185 e. The van der Waals surface area contributed by atoms with E-state index in [1.54, 1.807) is 31.2 Å². The van der Waals surface area contributed by atoms with Gasteiger partial charge in [0.15, 0.2) is 5.78 Å². The van der Waals surface area contributed by atoms with Gasteiger partial charge in [0.2, 0.25) is 0 Å². The maximum atomic E-state index is 12.2. The second-order valence-electron chi connectivity index (χ2n) is 5.88. The van der Waals surface area contributed by atoms with E-state index in [1.165, 1.54) is 31.4 Å². The minimum absolute atomic E-state index is 0.0369. The predicted octanol–water partition coefficient (Wildman–Crippen LogP) is 3.48. The molecule has 2 aromatic rings. The number of methoxy groups -OCH3 is 1. The van der Waals surface area contributed by atoms with Crippen molar-refractivity contribution in [3.8, 4) is 17.2 Å².